The highest BCUT2D eigenvalue weighted by Crippen LogP contribution is 2.27. The van der Waals surface area contributed by atoms with Crippen molar-refractivity contribution in [2.45, 2.75) is 6.54 Å². The first-order chi connectivity index (χ1) is 11.8. The summed E-state index contributed by atoms with van der Waals surface area (Å²) in [5.74, 6) is 0.147. The molecule has 0 radical (unpaired) electrons. The molecule has 4 rings (SSSR count). The van der Waals surface area contributed by atoms with Crippen molar-refractivity contribution < 1.29 is 4.79 Å². The van der Waals surface area contributed by atoms with Crippen LogP contribution in [0.25, 0.3) is 22.2 Å². The van der Waals surface area contributed by atoms with E-state index in [1.54, 1.807) is 0 Å². The lowest BCUT2D eigenvalue weighted by atomic mass is 10.0. The second-order valence-corrected chi connectivity index (χ2v) is 6.05. The molecule has 0 saturated carbocycles. The number of para-hydroxylation sites is 1. The standard InChI is InChI=1S/C20H19N3O/c24-19-13-21-10-11-23(19)14-17-12-16-8-4-5-9-18(16)22-20(17)15-6-2-1-3-7-15/h1-9,12,21H,10-11,13-14H2. The predicted octanol–water partition coefficient (Wildman–Crippen LogP) is 2.83. The van der Waals surface area contributed by atoms with Crippen LogP contribution in [0, 0.1) is 0 Å². The minimum atomic E-state index is 0.147. The molecule has 4 nitrogen and oxygen atoms in total. The summed E-state index contributed by atoms with van der Waals surface area (Å²) in [6.07, 6.45) is 0. The Bertz CT molecular complexity index is 876. The molecule has 1 aromatic heterocycles. The molecule has 24 heavy (non-hydrogen) atoms. The summed E-state index contributed by atoms with van der Waals surface area (Å²) in [5.41, 5.74) is 4.11. The number of nitrogens with one attached hydrogen (secondary N) is 1. The van der Waals surface area contributed by atoms with Gasteiger partial charge >= 0.3 is 0 Å². The van der Waals surface area contributed by atoms with E-state index in [2.05, 4.69) is 29.6 Å². The Kier molecular flexibility index (Phi) is 3.97. The van der Waals surface area contributed by atoms with E-state index in [1.807, 2.05) is 41.3 Å². The Hall–Kier alpha value is -2.72. The lowest BCUT2D eigenvalue weighted by molar-refractivity contribution is -0.132. The van der Waals surface area contributed by atoms with Crippen LogP contribution < -0.4 is 5.32 Å². The quantitative estimate of drug-likeness (QED) is 0.808. The zero-order valence-corrected chi connectivity index (χ0v) is 13.4. The lowest BCUT2D eigenvalue weighted by Gasteiger charge is -2.28. The van der Waals surface area contributed by atoms with E-state index in [-0.39, 0.29) is 5.91 Å². The molecule has 0 aliphatic carbocycles. The van der Waals surface area contributed by atoms with Crippen molar-refractivity contribution in [2.24, 2.45) is 0 Å². The number of aromatic nitrogens is 1. The fourth-order valence-corrected chi connectivity index (χ4v) is 3.14. The van der Waals surface area contributed by atoms with Crippen molar-refractivity contribution >= 4 is 16.8 Å². The summed E-state index contributed by atoms with van der Waals surface area (Å²) < 4.78 is 0. The maximum Gasteiger partial charge on any atom is 0.236 e. The van der Waals surface area contributed by atoms with E-state index in [0.29, 0.717) is 13.1 Å². The molecular weight excluding hydrogens is 298 g/mol. The minimum Gasteiger partial charge on any atom is -0.336 e. The number of carbonyl (C=O) groups is 1. The summed E-state index contributed by atoms with van der Waals surface area (Å²) in [6, 6.07) is 20.5. The second kappa shape index (κ2) is 6.42. The number of hydrogen-bond donors (Lipinski definition) is 1. The number of nitrogens with zero attached hydrogens (tertiary/aromatic N) is 2. The highest BCUT2D eigenvalue weighted by Gasteiger charge is 2.20. The van der Waals surface area contributed by atoms with Gasteiger partial charge in [-0.1, -0.05) is 48.5 Å². The fraction of sp³-hybridized carbons (Fsp3) is 0.200. The van der Waals surface area contributed by atoms with Crippen LogP contribution in [-0.2, 0) is 11.3 Å². The van der Waals surface area contributed by atoms with Gasteiger partial charge < -0.3 is 10.2 Å². The highest BCUT2D eigenvalue weighted by molar-refractivity contribution is 5.84. The van der Waals surface area contributed by atoms with Crippen LogP contribution in [0.15, 0.2) is 60.7 Å². The lowest BCUT2D eigenvalue weighted by Crippen LogP contribution is -2.47. The average Bonchev–Trinajstić information content (AvgIpc) is 2.64. The average molecular weight is 317 g/mol. The van der Waals surface area contributed by atoms with Crippen molar-refractivity contribution in [2.75, 3.05) is 19.6 Å². The molecule has 4 heteroatoms. The van der Waals surface area contributed by atoms with E-state index in [1.165, 1.54) is 0 Å². The third kappa shape index (κ3) is 2.88. The van der Waals surface area contributed by atoms with Crippen LogP contribution in [0.5, 0.6) is 0 Å². The smallest absolute Gasteiger partial charge is 0.236 e. The number of piperazine rings is 1. The number of pyridine rings is 1. The van der Waals surface area contributed by atoms with Gasteiger partial charge in [0.05, 0.1) is 17.8 Å². The van der Waals surface area contributed by atoms with Crippen LogP contribution in [0.2, 0.25) is 0 Å². The van der Waals surface area contributed by atoms with Crippen molar-refractivity contribution in [3.63, 3.8) is 0 Å². The fourth-order valence-electron chi connectivity index (χ4n) is 3.14. The number of rotatable bonds is 3. The molecule has 1 aliphatic rings. The molecule has 1 saturated heterocycles. The van der Waals surface area contributed by atoms with Crippen molar-refractivity contribution in [1.82, 2.24) is 15.2 Å². The molecule has 1 fully saturated rings. The van der Waals surface area contributed by atoms with E-state index in [4.69, 9.17) is 4.98 Å². The maximum absolute atomic E-state index is 12.2. The highest BCUT2D eigenvalue weighted by atomic mass is 16.2. The first kappa shape index (κ1) is 14.8. The predicted molar refractivity (Wildman–Crippen MR) is 95.5 cm³/mol. The number of carbonyl (C=O) groups excluding carboxylic acids is 1. The largest absolute Gasteiger partial charge is 0.336 e. The summed E-state index contributed by atoms with van der Waals surface area (Å²) in [6.45, 7) is 2.59. The zero-order chi connectivity index (χ0) is 16.4. The Morgan fingerprint density at radius 3 is 2.67 bits per heavy atom. The number of benzene rings is 2. The molecule has 1 aliphatic heterocycles. The summed E-state index contributed by atoms with van der Waals surface area (Å²) in [5, 5.41) is 4.23. The second-order valence-electron chi connectivity index (χ2n) is 6.05. The molecule has 0 spiro atoms. The third-order valence-corrected chi connectivity index (χ3v) is 4.40. The van der Waals surface area contributed by atoms with Crippen LogP contribution in [0.1, 0.15) is 5.56 Å². The molecule has 1 N–H and O–H groups in total. The van der Waals surface area contributed by atoms with E-state index in [9.17, 15) is 4.79 Å². The van der Waals surface area contributed by atoms with Crippen molar-refractivity contribution in [3.8, 4) is 11.3 Å². The minimum absolute atomic E-state index is 0.147. The Morgan fingerprint density at radius 2 is 1.83 bits per heavy atom. The van der Waals surface area contributed by atoms with Crippen LogP contribution >= 0.6 is 0 Å². The van der Waals surface area contributed by atoms with Crippen LogP contribution in [0.4, 0.5) is 0 Å². The first-order valence-electron chi connectivity index (χ1n) is 8.24. The van der Waals surface area contributed by atoms with E-state index in [0.717, 1.165) is 40.8 Å². The monoisotopic (exact) mass is 317 g/mol. The number of hydrogen-bond acceptors (Lipinski definition) is 3. The Labute approximate surface area is 141 Å². The van der Waals surface area contributed by atoms with Gasteiger partial charge in [-0.05, 0) is 17.7 Å². The number of fused-ring (bicyclic) bond motifs is 1. The van der Waals surface area contributed by atoms with E-state index >= 15 is 0 Å². The van der Waals surface area contributed by atoms with Gasteiger partial charge in [-0.2, -0.15) is 0 Å². The topological polar surface area (TPSA) is 45.2 Å². The normalized spacial score (nSPS) is 15.0. The zero-order valence-electron chi connectivity index (χ0n) is 13.4. The molecule has 1 amide bonds. The Morgan fingerprint density at radius 1 is 1.04 bits per heavy atom. The molecule has 2 heterocycles. The van der Waals surface area contributed by atoms with Gasteiger partial charge in [0.15, 0.2) is 0 Å². The van der Waals surface area contributed by atoms with Gasteiger partial charge in [-0.3, -0.25) is 4.79 Å². The molecule has 0 bridgehead atoms. The van der Waals surface area contributed by atoms with Crippen LogP contribution in [0.3, 0.4) is 0 Å². The number of amides is 1. The van der Waals surface area contributed by atoms with Gasteiger partial charge in [0.1, 0.15) is 0 Å². The Balaban J connectivity index is 1.81. The SMILES string of the molecule is O=C1CNCCN1Cc1cc2ccccc2nc1-c1ccccc1. The van der Waals surface area contributed by atoms with Gasteiger partial charge in [0, 0.05) is 30.6 Å². The summed E-state index contributed by atoms with van der Waals surface area (Å²) in [4.78, 5) is 18.9. The van der Waals surface area contributed by atoms with Crippen molar-refractivity contribution in [3.05, 3.63) is 66.2 Å². The van der Waals surface area contributed by atoms with Gasteiger partial charge in [0.2, 0.25) is 5.91 Å². The van der Waals surface area contributed by atoms with Gasteiger partial charge in [0.25, 0.3) is 0 Å². The molecule has 0 atom stereocenters. The van der Waals surface area contributed by atoms with Crippen LogP contribution in [-0.4, -0.2) is 35.4 Å². The molecule has 3 aromatic rings. The third-order valence-electron chi connectivity index (χ3n) is 4.40. The summed E-state index contributed by atoms with van der Waals surface area (Å²) in [7, 11) is 0. The molecule has 120 valence electrons. The molecule has 2 aromatic carbocycles. The molecule has 0 unspecified atom stereocenters. The van der Waals surface area contributed by atoms with E-state index < -0.39 is 0 Å². The van der Waals surface area contributed by atoms with Gasteiger partial charge in [-0.25, -0.2) is 4.98 Å². The van der Waals surface area contributed by atoms with Crippen molar-refractivity contribution in [1.29, 1.82) is 0 Å². The van der Waals surface area contributed by atoms with Gasteiger partial charge in [-0.15, -0.1) is 0 Å². The first-order valence-corrected chi connectivity index (χ1v) is 8.24. The molecular formula is C20H19N3O. The summed E-state index contributed by atoms with van der Waals surface area (Å²) >= 11 is 0. The maximum atomic E-state index is 12.2.